The van der Waals surface area contributed by atoms with Gasteiger partial charge in [0.25, 0.3) is 0 Å². The molecule has 0 rings (SSSR count). The van der Waals surface area contributed by atoms with E-state index in [0.717, 1.165) is 7.06 Å². The summed E-state index contributed by atoms with van der Waals surface area (Å²) in [6, 6.07) is 0. The fourth-order valence-electron chi connectivity index (χ4n) is 0. The summed E-state index contributed by atoms with van der Waals surface area (Å²) in [6.07, 6.45) is -1.13. The van der Waals surface area contributed by atoms with Gasteiger partial charge in [-0.3, -0.25) is 0 Å². The molecule has 69 valence electrons. The van der Waals surface area contributed by atoms with Crippen molar-refractivity contribution in [2.75, 3.05) is 0 Å². The molecular weight excluding hydrogens is 198 g/mol. The molecule has 0 aliphatic rings. The Kier molecular flexibility index (Phi) is 182. The lowest BCUT2D eigenvalue weighted by Gasteiger charge is -1.85. The molecule has 0 unspecified atom stereocenters. The van der Waals surface area contributed by atoms with Gasteiger partial charge >= 0.3 is 0 Å². The maximum Gasteiger partial charge on any atom is 0 e. The van der Waals surface area contributed by atoms with Crippen LogP contribution < -0.4 is 0 Å². The summed E-state index contributed by atoms with van der Waals surface area (Å²) < 4.78 is 0. The molecule has 0 aliphatic heterocycles. The van der Waals surface area contributed by atoms with Crippen LogP contribution >= 0.6 is 0 Å². The quantitative estimate of drug-likeness (QED) is 0.389. The van der Waals surface area contributed by atoms with E-state index in [9.17, 15) is 0 Å². The first-order valence-electron chi connectivity index (χ1n) is 3.33. The van der Waals surface area contributed by atoms with Gasteiger partial charge in [-0.25, -0.2) is 0 Å². The molecule has 0 fully saturated rings. The maximum absolute atomic E-state index is 4.89. The van der Waals surface area contributed by atoms with E-state index in [1.54, 1.807) is 0 Å². The van der Waals surface area contributed by atoms with Crippen LogP contribution in [0.2, 0.25) is 0 Å². The number of hydrogen-bond acceptors (Lipinski definition) is 0. The molecule has 0 atom stereocenters. The van der Waals surface area contributed by atoms with Crippen LogP contribution in [0, 0.1) is 0 Å². The van der Waals surface area contributed by atoms with Crippen molar-refractivity contribution < 1.29 is 0 Å². The van der Waals surface area contributed by atoms with Crippen molar-refractivity contribution in [3.63, 3.8) is 0 Å². The van der Waals surface area contributed by atoms with E-state index in [0.29, 0.717) is 0 Å². The normalized spacial score (nSPS) is 4.00. The van der Waals surface area contributed by atoms with Crippen molar-refractivity contribution in [3.05, 3.63) is 0 Å². The third-order valence-corrected chi connectivity index (χ3v) is 0.222. The third kappa shape index (κ3) is 490. The Balaban J connectivity index is -0.0000000120. The van der Waals surface area contributed by atoms with E-state index < -0.39 is 12.8 Å². The molecule has 0 heterocycles. The average molecular weight is 210 g/mol. The molecule has 0 nitrogen and oxygen atoms in total. The average Bonchev–Trinajstić information content (AvgIpc) is 2.08. The van der Waals surface area contributed by atoms with E-state index in [2.05, 4.69) is 54.2 Å². The van der Waals surface area contributed by atoms with Crippen molar-refractivity contribution >= 4 is 113 Å². The minimum absolute atomic E-state index is 0. The van der Waals surface area contributed by atoms with Gasteiger partial charge in [-0.15, -0.1) is 0 Å². The molecule has 0 saturated carbocycles. The van der Waals surface area contributed by atoms with Crippen LogP contribution in [0.15, 0.2) is 0 Å². The van der Waals surface area contributed by atoms with E-state index in [4.69, 9.17) is 23.2 Å². The molecule has 0 aliphatic carbocycles. The van der Waals surface area contributed by atoms with Gasteiger partial charge in [-0.1, -0.05) is 22.3 Å². The summed E-state index contributed by atoms with van der Waals surface area (Å²) in [5.74, 6) is 0. The summed E-state index contributed by atoms with van der Waals surface area (Å²) in [6.45, 7) is 0. The Hall–Kier alpha value is 0.974. The van der Waals surface area contributed by atoms with Crippen molar-refractivity contribution in [2.24, 2.45) is 0 Å². The van der Waals surface area contributed by atoms with Crippen LogP contribution in [0.1, 0.15) is 22.3 Å². The minimum Gasteiger partial charge on any atom is -0.0776 e. The summed E-state index contributed by atoms with van der Waals surface area (Å²) in [4.78, 5) is 0. The highest BCUT2D eigenvalue weighted by atomic mass is 12.7. The fraction of sp³-hybridized carbons (Fsp3) is 1.00. The van der Waals surface area contributed by atoms with Gasteiger partial charge in [0.15, 0.2) is 0 Å². The van der Waals surface area contributed by atoms with E-state index in [1.165, 1.54) is 7.06 Å². The van der Waals surface area contributed by atoms with Gasteiger partial charge in [0.1, 0.15) is 0 Å². The zero-order valence-electron chi connectivity index (χ0n) is 8.66. The Morgan fingerprint density at radius 2 is 0.722 bits per heavy atom. The van der Waals surface area contributed by atoms with Gasteiger partial charge in [0.2, 0.25) is 0 Å². The number of rotatable bonds is 1. The lowest BCUT2D eigenvalue weighted by molar-refractivity contribution is 2.50. The largest absolute Gasteiger partial charge is 0.0776 e. The van der Waals surface area contributed by atoms with Crippen LogP contribution in [0.25, 0.3) is 0 Å². The van der Waals surface area contributed by atoms with Crippen molar-refractivity contribution in [1.29, 1.82) is 0 Å². The van der Waals surface area contributed by atoms with Gasteiger partial charge in [-0.2, -0.15) is 0 Å². The highest BCUT2D eigenvalue weighted by Crippen LogP contribution is 1.47. The molecule has 0 N–H and O–H groups in total. The van der Waals surface area contributed by atoms with E-state index in [-0.39, 0.29) is 30.7 Å². The smallest absolute Gasteiger partial charge is 0 e. The van der Waals surface area contributed by atoms with Gasteiger partial charge in [-0.05, 0) is 0 Å². The molecule has 0 aromatic carbocycles. The van der Waals surface area contributed by atoms with Gasteiger partial charge < -0.3 is 0 Å². The van der Waals surface area contributed by atoms with Gasteiger partial charge in [0, 0.05) is 113 Å². The first kappa shape index (κ1) is 50.9. The Morgan fingerprint density at radius 3 is 0.722 bits per heavy atom. The summed E-state index contributed by atoms with van der Waals surface area (Å²) >= 11 is 0. The predicted octanol–water partition coefficient (Wildman–Crippen LogP) is -3.80. The first-order chi connectivity index (χ1) is 6.42. The lowest BCUT2D eigenvalue weighted by atomic mass is 8.97. The first-order valence-corrected chi connectivity index (χ1v) is 3.33. The minimum atomic E-state index is -0.667. The molecule has 0 spiro atoms. The zero-order chi connectivity index (χ0) is 12.6. The molecule has 25 radical (unpaired) electrons. The SMILES string of the molecule is C.C.C.[B].[B]B([B])[B].[B][B].[B][B]B([B])[B].[B][B][B]. The Morgan fingerprint density at radius 1 is 0.667 bits per heavy atom. The lowest BCUT2D eigenvalue weighted by Crippen LogP contribution is -2.23. The third-order valence-electron chi connectivity index (χ3n) is 0.222. The standard InChI is InChI=1S/3CH4.B5.B4.B3.B2.B/c;;;1-4-5(2)3;1-4(2)3;1-3-2;1-2;/h3*1H4;;;;;. The van der Waals surface area contributed by atoms with Crippen LogP contribution in [-0.4, -0.2) is 113 Å². The molecule has 0 aromatic rings. The second kappa shape index (κ2) is 64.3. The van der Waals surface area contributed by atoms with E-state index in [1.807, 2.05) is 0 Å². The molecule has 0 aromatic heterocycles. The fourth-order valence-corrected chi connectivity index (χ4v) is 0. The monoisotopic (exact) mass is 213 g/mol. The Bertz CT molecular complexity index is 52.9. The predicted molar refractivity (Wildman–Crippen MR) is 107 cm³/mol. The second-order valence-electron chi connectivity index (χ2n) is 1.54. The summed E-state index contributed by atoms with van der Waals surface area (Å²) in [5.41, 5.74) is 0. The summed E-state index contributed by atoms with van der Waals surface area (Å²) in [5, 5.41) is 0. The summed E-state index contributed by atoms with van der Waals surface area (Å²) in [7, 11) is 47.8. The van der Waals surface area contributed by atoms with E-state index >= 15 is 0 Å². The zero-order valence-corrected chi connectivity index (χ0v) is 8.66. The molecule has 18 heavy (non-hydrogen) atoms. The second-order valence-corrected chi connectivity index (χ2v) is 1.54. The topological polar surface area (TPSA) is 0 Å². The van der Waals surface area contributed by atoms with Crippen molar-refractivity contribution in [1.82, 2.24) is 0 Å². The molecule has 0 amide bonds. The molecule has 0 saturated heterocycles. The molecule has 0 bridgehead atoms. The molecular formula is C3H12B15. The highest BCUT2D eigenvalue weighted by Gasteiger charge is 1.85. The maximum atomic E-state index is 4.89. The van der Waals surface area contributed by atoms with Crippen molar-refractivity contribution in [3.8, 4) is 0 Å². The Labute approximate surface area is 135 Å². The van der Waals surface area contributed by atoms with Crippen molar-refractivity contribution in [2.45, 2.75) is 22.3 Å². The van der Waals surface area contributed by atoms with Crippen LogP contribution in [0.4, 0.5) is 0 Å². The highest BCUT2D eigenvalue weighted by molar-refractivity contribution is 7.60. The van der Waals surface area contributed by atoms with Gasteiger partial charge in [0.05, 0.1) is 0 Å². The molecule has 15 heteroatoms. The van der Waals surface area contributed by atoms with Crippen LogP contribution in [-0.2, 0) is 0 Å². The number of hydrogen-bond donors (Lipinski definition) is 0. The van der Waals surface area contributed by atoms with Crippen LogP contribution in [0.5, 0.6) is 0 Å². The van der Waals surface area contributed by atoms with Crippen LogP contribution in [0.3, 0.4) is 0 Å².